The molecule has 1 saturated carbocycles. The number of rotatable bonds is 5. The highest BCUT2D eigenvalue weighted by atomic mass is 16.3. The second kappa shape index (κ2) is 5.32. The first-order chi connectivity index (χ1) is 8.18. The third-order valence-corrected chi connectivity index (χ3v) is 3.39. The lowest BCUT2D eigenvalue weighted by Crippen LogP contribution is -2.33. The summed E-state index contributed by atoms with van der Waals surface area (Å²) in [5.41, 5.74) is 0.643. The molecule has 92 valence electrons. The average molecular weight is 233 g/mol. The van der Waals surface area contributed by atoms with Crippen LogP contribution in [0.3, 0.4) is 0 Å². The van der Waals surface area contributed by atoms with Crippen molar-refractivity contribution in [2.24, 2.45) is 11.8 Å². The summed E-state index contributed by atoms with van der Waals surface area (Å²) in [4.78, 5) is 11.7. The average Bonchev–Trinajstić information content (AvgIpc) is 3.20. The Morgan fingerprint density at radius 3 is 2.65 bits per heavy atom. The van der Waals surface area contributed by atoms with Gasteiger partial charge in [0.15, 0.2) is 6.10 Å². The predicted octanol–water partition coefficient (Wildman–Crippen LogP) is 1.88. The third kappa shape index (κ3) is 3.30. The van der Waals surface area contributed by atoms with E-state index in [-0.39, 0.29) is 5.91 Å². The lowest BCUT2D eigenvalue weighted by Gasteiger charge is -2.14. The summed E-state index contributed by atoms with van der Waals surface area (Å²) >= 11 is 0. The molecule has 0 unspecified atom stereocenters. The van der Waals surface area contributed by atoms with E-state index in [4.69, 9.17) is 0 Å². The van der Waals surface area contributed by atoms with Gasteiger partial charge >= 0.3 is 0 Å². The minimum Gasteiger partial charge on any atom is -0.378 e. The molecule has 0 aromatic heterocycles. The first kappa shape index (κ1) is 12.1. The van der Waals surface area contributed by atoms with Gasteiger partial charge in [-0.2, -0.15) is 0 Å². The molecule has 0 bridgehead atoms. The number of aliphatic hydroxyl groups excluding tert-OH is 1. The summed E-state index contributed by atoms with van der Waals surface area (Å²) in [6.07, 6.45) is 1.50. The molecule has 0 spiro atoms. The van der Waals surface area contributed by atoms with Crippen LogP contribution in [0.15, 0.2) is 30.3 Å². The van der Waals surface area contributed by atoms with Crippen molar-refractivity contribution in [3.05, 3.63) is 35.9 Å². The number of hydrogen-bond donors (Lipinski definition) is 2. The highest BCUT2D eigenvalue weighted by Gasteiger charge is 2.28. The monoisotopic (exact) mass is 233 g/mol. The van der Waals surface area contributed by atoms with E-state index in [9.17, 15) is 9.90 Å². The number of carbonyl (C=O) groups is 1. The van der Waals surface area contributed by atoms with Crippen molar-refractivity contribution in [1.82, 2.24) is 5.32 Å². The normalized spacial score (nSPS) is 18.5. The lowest BCUT2D eigenvalue weighted by atomic mass is 10.1. The SMILES string of the molecule is C[C@@H](CNC(=O)[C@@H](O)c1ccccc1)C1CC1. The fourth-order valence-corrected chi connectivity index (χ4v) is 1.98. The molecule has 1 amide bonds. The number of carbonyl (C=O) groups excluding carboxylic acids is 1. The van der Waals surface area contributed by atoms with Crippen LogP contribution in [-0.4, -0.2) is 17.6 Å². The first-order valence-electron chi connectivity index (χ1n) is 6.19. The van der Waals surface area contributed by atoms with Gasteiger partial charge in [0, 0.05) is 6.54 Å². The molecule has 1 fully saturated rings. The molecule has 1 aromatic rings. The molecule has 0 radical (unpaired) electrons. The van der Waals surface area contributed by atoms with Gasteiger partial charge in [-0.15, -0.1) is 0 Å². The largest absolute Gasteiger partial charge is 0.378 e. The number of nitrogens with one attached hydrogen (secondary N) is 1. The van der Waals surface area contributed by atoms with E-state index in [1.165, 1.54) is 12.8 Å². The smallest absolute Gasteiger partial charge is 0.253 e. The van der Waals surface area contributed by atoms with Crippen LogP contribution < -0.4 is 5.32 Å². The van der Waals surface area contributed by atoms with Crippen molar-refractivity contribution in [1.29, 1.82) is 0 Å². The molecule has 0 saturated heterocycles. The zero-order chi connectivity index (χ0) is 12.3. The summed E-state index contributed by atoms with van der Waals surface area (Å²) in [6, 6.07) is 9.02. The van der Waals surface area contributed by atoms with E-state index in [0.29, 0.717) is 18.0 Å². The molecule has 0 aliphatic heterocycles. The minimum absolute atomic E-state index is 0.302. The zero-order valence-electron chi connectivity index (χ0n) is 10.1. The maximum absolute atomic E-state index is 11.7. The molecule has 1 aliphatic carbocycles. The van der Waals surface area contributed by atoms with E-state index in [0.717, 1.165) is 5.92 Å². The molecule has 3 heteroatoms. The van der Waals surface area contributed by atoms with Crippen molar-refractivity contribution in [2.45, 2.75) is 25.9 Å². The standard InChI is InChI=1S/C14H19NO2/c1-10(11-7-8-11)9-15-14(17)13(16)12-5-3-2-4-6-12/h2-6,10-11,13,16H,7-9H2,1H3,(H,15,17)/t10-,13-/m0/s1. The number of amides is 1. The summed E-state index contributed by atoms with van der Waals surface area (Å²) in [7, 11) is 0. The molecule has 2 N–H and O–H groups in total. The van der Waals surface area contributed by atoms with E-state index in [2.05, 4.69) is 12.2 Å². The van der Waals surface area contributed by atoms with E-state index < -0.39 is 6.10 Å². The molecule has 3 nitrogen and oxygen atoms in total. The van der Waals surface area contributed by atoms with Gasteiger partial charge < -0.3 is 10.4 Å². The van der Waals surface area contributed by atoms with Crippen LogP contribution in [0.25, 0.3) is 0 Å². The van der Waals surface area contributed by atoms with E-state index in [1.807, 2.05) is 18.2 Å². The quantitative estimate of drug-likeness (QED) is 0.816. The van der Waals surface area contributed by atoms with Gasteiger partial charge in [-0.25, -0.2) is 0 Å². The molecule has 2 rings (SSSR count). The minimum atomic E-state index is -1.05. The van der Waals surface area contributed by atoms with Gasteiger partial charge in [-0.05, 0) is 30.2 Å². The van der Waals surface area contributed by atoms with Gasteiger partial charge in [0.25, 0.3) is 5.91 Å². The van der Waals surface area contributed by atoms with Crippen LogP contribution in [0.4, 0.5) is 0 Å². The van der Waals surface area contributed by atoms with Gasteiger partial charge in [0.1, 0.15) is 0 Å². The van der Waals surface area contributed by atoms with Crippen LogP contribution in [0.2, 0.25) is 0 Å². The van der Waals surface area contributed by atoms with Gasteiger partial charge in [0.05, 0.1) is 0 Å². The van der Waals surface area contributed by atoms with Crippen LogP contribution in [0, 0.1) is 11.8 Å². The van der Waals surface area contributed by atoms with Crippen LogP contribution in [0.1, 0.15) is 31.4 Å². The molecular weight excluding hydrogens is 214 g/mol. The maximum Gasteiger partial charge on any atom is 0.253 e. The van der Waals surface area contributed by atoms with Gasteiger partial charge in [0.2, 0.25) is 0 Å². The van der Waals surface area contributed by atoms with Crippen molar-refractivity contribution in [2.75, 3.05) is 6.54 Å². The Balaban J connectivity index is 1.82. The number of benzene rings is 1. The Morgan fingerprint density at radius 2 is 2.06 bits per heavy atom. The third-order valence-electron chi connectivity index (χ3n) is 3.39. The van der Waals surface area contributed by atoms with E-state index >= 15 is 0 Å². The molecule has 17 heavy (non-hydrogen) atoms. The summed E-state index contributed by atoms with van der Waals surface area (Å²) < 4.78 is 0. The fourth-order valence-electron chi connectivity index (χ4n) is 1.98. The Bertz CT molecular complexity index is 373. The van der Waals surface area contributed by atoms with Crippen molar-refractivity contribution in [3.8, 4) is 0 Å². The van der Waals surface area contributed by atoms with Crippen LogP contribution in [-0.2, 0) is 4.79 Å². The highest BCUT2D eigenvalue weighted by Crippen LogP contribution is 2.36. The van der Waals surface area contributed by atoms with Crippen molar-refractivity contribution >= 4 is 5.91 Å². The number of hydrogen-bond acceptors (Lipinski definition) is 2. The summed E-state index contributed by atoms with van der Waals surface area (Å²) in [6.45, 7) is 2.81. The first-order valence-corrected chi connectivity index (χ1v) is 6.19. The van der Waals surface area contributed by atoms with Crippen molar-refractivity contribution < 1.29 is 9.90 Å². The Hall–Kier alpha value is -1.35. The van der Waals surface area contributed by atoms with E-state index in [1.54, 1.807) is 12.1 Å². The Kier molecular flexibility index (Phi) is 3.79. The second-order valence-corrected chi connectivity index (χ2v) is 4.87. The molecular formula is C14H19NO2. The van der Waals surface area contributed by atoms with Crippen LogP contribution >= 0.6 is 0 Å². The second-order valence-electron chi connectivity index (χ2n) is 4.87. The van der Waals surface area contributed by atoms with Crippen LogP contribution in [0.5, 0.6) is 0 Å². The lowest BCUT2D eigenvalue weighted by molar-refractivity contribution is -0.129. The van der Waals surface area contributed by atoms with Gasteiger partial charge in [-0.1, -0.05) is 37.3 Å². The topological polar surface area (TPSA) is 49.3 Å². The van der Waals surface area contributed by atoms with Gasteiger partial charge in [-0.3, -0.25) is 4.79 Å². The summed E-state index contributed by atoms with van der Waals surface area (Å²) in [5, 5.41) is 12.7. The maximum atomic E-state index is 11.7. The zero-order valence-corrected chi connectivity index (χ0v) is 10.1. The molecule has 0 heterocycles. The Labute approximate surface area is 102 Å². The number of aliphatic hydroxyl groups is 1. The summed E-state index contributed by atoms with van der Waals surface area (Å²) in [5.74, 6) is 0.981. The highest BCUT2D eigenvalue weighted by molar-refractivity contribution is 5.81. The molecule has 1 aliphatic rings. The Morgan fingerprint density at radius 1 is 1.41 bits per heavy atom. The molecule has 2 atom stereocenters. The molecule has 1 aromatic carbocycles. The predicted molar refractivity (Wildman–Crippen MR) is 66.3 cm³/mol. The fraction of sp³-hybridized carbons (Fsp3) is 0.500. The van der Waals surface area contributed by atoms with Crippen molar-refractivity contribution in [3.63, 3.8) is 0 Å².